The first-order valence-electron chi connectivity index (χ1n) is 4.21. The summed E-state index contributed by atoms with van der Waals surface area (Å²) in [4.78, 5) is 20.8. The molecule has 0 aliphatic heterocycles. The number of carbonyl (C=O) groups is 2. The zero-order chi connectivity index (χ0) is 15.3. The topological polar surface area (TPSA) is 144 Å². The van der Waals surface area contributed by atoms with Gasteiger partial charge >= 0.3 is 101 Å². The van der Waals surface area contributed by atoms with Crippen LogP contribution in [0.3, 0.4) is 0 Å². The Morgan fingerprint density at radius 1 is 0.909 bits per heavy atom. The van der Waals surface area contributed by atoms with Gasteiger partial charge in [0.2, 0.25) is 0 Å². The van der Waals surface area contributed by atoms with E-state index in [1.165, 1.54) is 0 Å². The fraction of sp³-hybridized carbons (Fsp3) is 0. The molecule has 0 saturated carbocycles. The number of carboxylic acids is 2. The van der Waals surface area contributed by atoms with Gasteiger partial charge in [-0.1, -0.05) is 0 Å². The molecule has 0 fully saturated rings. The molecule has 0 spiro atoms. The first kappa shape index (κ1) is 30.7. The van der Waals surface area contributed by atoms with Crippen LogP contribution in [0.2, 0.25) is 0 Å². The molecular weight excluding hydrogens is 345 g/mol. The van der Waals surface area contributed by atoms with Crippen LogP contribution in [0.4, 0.5) is 13.2 Å². The molecule has 0 unspecified atom stereocenters. The van der Waals surface area contributed by atoms with Gasteiger partial charge in [0.25, 0.3) is 0 Å². The standard InChI is InChI=1S/C8H3F3O4.BO3.3Na/c9-3-1-2(7(12)13)4(8(14)15)6(11)5(3)10;2-1(3)4;;;/h1H,(H,12,13)(H,14,15);;;;/q;-3;3*+1. The number of carboxylic acid groups (broad SMARTS) is 2. The maximum Gasteiger partial charge on any atom is 1.00 e. The van der Waals surface area contributed by atoms with Crippen molar-refractivity contribution in [3.8, 4) is 0 Å². The minimum atomic E-state index is -2.92. The van der Waals surface area contributed by atoms with Crippen molar-refractivity contribution >= 4 is 19.3 Å². The van der Waals surface area contributed by atoms with Crippen LogP contribution in [0.1, 0.15) is 20.7 Å². The summed E-state index contributed by atoms with van der Waals surface area (Å²) in [7, 11) is -2.92. The first-order chi connectivity index (χ1) is 8.59. The van der Waals surface area contributed by atoms with E-state index in [0.29, 0.717) is 0 Å². The van der Waals surface area contributed by atoms with Gasteiger partial charge in [-0.15, -0.1) is 0 Å². The number of hydrogen-bond acceptors (Lipinski definition) is 5. The minimum Gasteiger partial charge on any atom is -0.907 e. The molecule has 1 aromatic rings. The maximum atomic E-state index is 12.9. The van der Waals surface area contributed by atoms with Crippen molar-refractivity contribution in [2.24, 2.45) is 0 Å². The Kier molecular flexibility index (Phi) is 19.9. The second-order valence-corrected chi connectivity index (χ2v) is 2.81. The van der Waals surface area contributed by atoms with Crippen LogP contribution in [0, 0.1) is 17.5 Å². The maximum absolute atomic E-state index is 12.9. The van der Waals surface area contributed by atoms with Crippen molar-refractivity contribution in [1.29, 1.82) is 0 Å². The SMILES string of the molecule is O=C(O)c1cc(F)c(F)c(F)c1C(=O)O.[Na+].[Na+].[Na+].[O-]B([O-])[O-]. The average molecular weight is 348 g/mol. The van der Waals surface area contributed by atoms with Crippen molar-refractivity contribution in [1.82, 2.24) is 0 Å². The van der Waals surface area contributed by atoms with Crippen LogP contribution in [-0.2, 0) is 0 Å². The normalized spacial score (nSPS) is 8.09. The van der Waals surface area contributed by atoms with E-state index in [1.807, 2.05) is 0 Å². The molecule has 0 bridgehead atoms. The Morgan fingerprint density at radius 3 is 1.55 bits per heavy atom. The molecule has 0 heterocycles. The predicted molar refractivity (Wildman–Crippen MR) is 46.0 cm³/mol. The fourth-order valence-electron chi connectivity index (χ4n) is 0.973. The van der Waals surface area contributed by atoms with Crippen LogP contribution in [0.15, 0.2) is 6.07 Å². The molecular formula is C8H3BF3Na3O7. The van der Waals surface area contributed by atoms with Crippen molar-refractivity contribution in [3.05, 3.63) is 34.6 Å². The smallest absolute Gasteiger partial charge is 0.907 e. The zero-order valence-electron chi connectivity index (χ0n) is 11.7. The van der Waals surface area contributed by atoms with Gasteiger partial charge in [-0.25, -0.2) is 22.8 Å². The molecule has 0 aliphatic rings. The largest absolute Gasteiger partial charge is 1.00 e. The van der Waals surface area contributed by atoms with Gasteiger partial charge in [-0.2, -0.15) is 0 Å². The monoisotopic (exact) mass is 348 g/mol. The Hall–Kier alpha value is 0.895. The van der Waals surface area contributed by atoms with E-state index in [0.717, 1.165) is 0 Å². The van der Waals surface area contributed by atoms with Crippen LogP contribution < -0.4 is 104 Å². The summed E-state index contributed by atoms with van der Waals surface area (Å²) < 4.78 is 38.0. The summed E-state index contributed by atoms with van der Waals surface area (Å²) >= 11 is 0. The van der Waals surface area contributed by atoms with Crippen molar-refractivity contribution in [2.45, 2.75) is 0 Å². The Bertz CT molecular complexity index is 515. The first-order valence-corrected chi connectivity index (χ1v) is 4.21. The summed E-state index contributed by atoms with van der Waals surface area (Å²) in [6.45, 7) is 0. The number of aromatic carboxylic acids is 2. The minimum absolute atomic E-state index is 0. The quantitative estimate of drug-likeness (QED) is 0.399. The van der Waals surface area contributed by atoms with E-state index in [-0.39, 0.29) is 94.7 Å². The van der Waals surface area contributed by atoms with Crippen LogP contribution in [0.5, 0.6) is 0 Å². The van der Waals surface area contributed by atoms with E-state index in [2.05, 4.69) is 0 Å². The average Bonchev–Trinajstić information content (AvgIpc) is 2.23. The molecule has 0 amide bonds. The zero-order valence-corrected chi connectivity index (χ0v) is 17.7. The van der Waals surface area contributed by atoms with Crippen LogP contribution in [-0.4, -0.2) is 29.5 Å². The van der Waals surface area contributed by atoms with Crippen molar-refractivity contribution < 1.29 is 137 Å². The second-order valence-electron chi connectivity index (χ2n) is 2.81. The third-order valence-electron chi connectivity index (χ3n) is 1.61. The van der Waals surface area contributed by atoms with Crippen molar-refractivity contribution in [2.75, 3.05) is 0 Å². The third-order valence-corrected chi connectivity index (χ3v) is 1.61. The second kappa shape index (κ2) is 14.3. The fourth-order valence-corrected chi connectivity index (χ4v) is 0.973. The predicted octanol–water partition coefficient (Wildman–Crippen LogP) is -11.4. The Morgan fingerprint density at radius 2 is 1.27 bits per heavy atom. The van der Waals surface area contributed by atoms with Gasteiger partial charge in [-0.3, -0.25) is 7.32 Å². The van der Waals surface area contributed by atoms with Gasteiger partial charge in [0.05, 0.1) is 5.56 Å². The van der Waals surface area contributed by atoms with E-state index in [4.69, 9.17) is 25.3 Å². The molecule has 2 N–H and O–H groups in total. The van der Waals surface area contributed by atoms with Crippen molar-refractivity contribution in [3.63, 3.8) is 0 Å². The number of hydrogen-bond donors (Lipinski definition) is 2. The van der Waals surface area contributed by atoms with E-state index in [9.17, 15) is 22.8 Å². The van der Waals surface area contributed by atoms with Gasteiger partial charge in [-0.05, 0) is 6.07 Å². The summed E-state index contributed by atoms with van der Waals surface area (Å²) in [5.74, 6) is -9.64. The summed E-state index contributed by atoms with van der Waals surface area (Å²) in [6, 6.07) is 0.115. The van der Waals surface area contributed by atoms with E-state index >= 15 is 0 Å². The Balaban J connectivity index is -0.000000208. The molecule has 0 radical (unpaired) electrons. The summed E-state index contributed by atoms with van der Waals surface area (Å²) in [5.41, 5.74) is -2.54. The summed E-state index contributed by atoms with van der Waals surface area (Å²) in [5, 5.41) is 42.1. The van der Waals surface area contributed by atoms with Gasteiger partial charge < -0.3 is 25.3 Å². The molecule has 22 heavy (non-hydrogen) atoms. The molecule has 1 rings (SSSR count). The Labute approximate surface area is 188 Å². The number of rotatable bonds is 2. The molecule has 0 aromatic heterocycles. The molecule has 104 valence electrons. The summed E-state index contributed by atoms with van der Waals surface area (Å²) in [6.07, 6.45) is 0. The molecule has 14 heteroatoms. The molecule has 0 atom stereocenters. The van der Waals surface area contributed by atoms with Crippen LogP contribution in [0.25, 0.3) is 0 Å². The van der Waals surface area contributed by atoms with Crippen LogP contribution >= 0.6 is 0 Å². The van der Waals surface area contributed by atoms with Gasteiger partial charge in [0, 0.05) is 0 Å². The number of benzene rings is 1. The van der Waals surface area contributed by atoms with E-state index in [1.54, 1.807) is 0 Å². The number of halogens is 3. The molecule has 0 saturated heterocycles. The third kappa shape index (κ3) is 9.91. The van der Waals surface area contributed by atoms with Gasteiger partial charge in [0.15, 0.2) is 17.5 Å². The van der Waals surface area contributed by atoms with Gasteiger partial charge in [0.1, 0.15) is 5.56 Å². The molecule has 1 aromatic carbocycles. The van der Waals surface area contributed by atoms with E-state index < -0.39 is 47.8 Å². The molecule has 0 aliphatic carbocycles. The molecule has 7 nitrogen and oxygen atoms in total.